The number of carbonyl (C=O) groups is 1. The molecule has 1 N–H and O–H groups in total. The van der Waals surface area contributed by atoms with Gasteiger partial charge in [0.1, 0.15) is 5.75 Å². The van der Waals surface area contributed by atoms with Crippen molar-refractivity contribution in [3.63, 3.8) is 0 Å². The lowest BCUT2D eigenvalue weighted by atomic mass is 10.2. The third-order valence-electron chi connectivity index (χ3n) is 2.73. The van der Waals surface area contributed by atoms with Crippen LogP contribution in [0.1, 0.15) is 10.5 Å². The van der Waals surface area contributed by atoms with E-state index in [0.717, 1.165) is 10.6 Å². The molecule has 1 aromatic carbocycles. The largest absolute Gasteiger partial charge is 0.505 e. The molecule has 0 aliphatic heterocycles. The number of carbonyl (C=O) groups excluding carboxylic acids is 1. The summed E-state index contributed by atoms with van der Waals surface area (Å²) in [5.41, 5.74) is 0.821. The standard InChI is InChI=1S/C14H14N2O2S/c1-16(10-5-3-6-11(9-10)19-2)14(18)13-12(17)7-4-8-15-13/h3-9,17H,1-2H3. The first-order valence-electron chi connectivity index (χ1n) is 5.69. The Morgan fingerprint density at radius 2 is 2.11 bits per heavy atom. The number of nitrogens with zero attached hydrogens (tertiary/aromatic N) is 2. The summed E-state index contributed by atoms with van der Waals surface area (Å²) >= 11 is 1.61. The zero-order valence-corrected chi connectivity index (χ0v) is 11.5. The molecule has 98 valence electrons. The van der Waals surface area contributed by atoms with Gasteiger partial charge >= 0.3 is 0 Å². The molecule has 19 heavy (non-hydrogen) atoms. The van der Waals surface area contributed by atoms with Crippen LogP contribution in [-0.2, 0) is 0 Å². The summed E-state index contributed by atoms with van der Waals surface area (Å²) in [6, 6.07) is 10.7. The molecule has 1 heterocycles. The average Bonchev–Trinajstić information content (AvgIpc) is 2.46. The topological polar surface area (TPSA) is 53.4 Å². The molecule has 0 fully saturated rings. The number of amides is 1. The molecule has 1 aromatic heterocycles. The van der Waals surface area contributed by atoms with Crippen molar-refractivity contribution < 1.29 is 9.90 Å². The minimum atomic E-state index is -0.337. The Labute approximate surface area is 116 Å². The SMILES string of the molecule is CSc1cccc(N(C)C(=O)c2ncccc2O)c1. The Bertz CT molecular complexity index is 602. The predicted octanol–water partition coefficient (Wildman–Crippen LogP) is 2.79. The van der Waals surface area contributed by atoms with E-state index in [9.17, 15) is 9.90 Å². The summed E-state index contributed by atoms with van der Waals surface area (Å²) in [5.74, 6) is -0.447. The molecule has 0 radical (unpaired) electrons. The predicted molar refractivity (Wildman–Crippen MR) is 76.9 cm³/mol. The second kappa shape index (κ2) is 5.75. The number of aromatic hydroxyl groups is 1. The highest BCUT2D eigenvalue weighted by atomic mass is 32.2. The Morgan fingerprint density at radius 3 is 2.79 bits per heavy atom. The molecule has 0 unspecified atom stereocenters. The molecule has 0 spiro atoms. The molecule has 0 aliphatic rings. The maximum absolute atomic E-state index is 12.3. The van der Waals surface area contributed by atoms with Crippen molar-refractivity contribution in [2.24, 2.45) is 0 Å². The second-order valence-electron chi connectivity index (χ2n) is 3.94. The van der Waals surface area contributed by atoms with Gasteiger partial charge in [0, 0.05) is 23.8 Å². The van der Waals surface area contributed by atoms with Crippen LogP contribution < -0.4 is 4.90 Å². The number of aromatic nitrogens is 1. The van der Waals surface area contributed by atoms with Crippen LogP contribution in [0.5, 0.6) is 5.75 Å². The first kappa shape index (κ1) is 13.4. The van der Waals surface area contributed by atoms with E-state index in [2.05, 4.69) is 4.98 Å². The Hall–Kier alpha value is -2.01. The van der Waals surface area contributed by atoms with E-state index in [1.165, 1.54) is 17.2 Å². The third-order valence-corrected chi connectivity index (χ3v) is 3.46. The van der Waals surface area contributed by atoms with Crippen molar-refractivity contribution in [1.29, 1.82) is 0 Å². The van der Waals surface area contributed by atoms with Gasteiger partial charge in [0.2, 0.25) is 0 Å². The van der Waals surface area contributed by atoms with Crippen LogP contribution in [-0.4, -0.2) is 29.3 Å². The molecule has 0 saturated carbocycles. The van der Waals surface area contributed by atoms with Crippen molar-refractivity contribution in [3.8, 4) is 5.75 Å². The number of rotatable bonds is 3. The third kappa shape index (κ3) is 2.88. The monoisotopic (exact) mass is 274 g/mol. The van der Waals surface area contributed by atoms with Crippen molar-refractivity contribution in [2.75, 3.05) is 18.2 Å². The molecule has 1 amide bonds. The van der Waals surface area contributed by atoms with Crippen molar-refractivity contribution in [3.05, 3.63) is 48.3 Å². The van der Waals surface area contributed by atoms with Gasteiger partial charge in [0.25, 0.3) is 5.91 Å². The van der Waals surface area contributed by atoms with E-state index in [4.69, 9.17) is 0 Å². The summed E-state index contributed by atoms with van der Waals surface area (Å²) in [7, 11) is 1.66. The quantitative estimate of drug-likeness (QED) is 0.874. The van der Waals surface area contributed by atoms with Gasteiger partial charge in [-0.25, -0.2) is 4.98 Å². The molecule has 4 nitrogen and oxygen atoms in total. The van der Waals surface area contributed by atoms with Crippen LogP contribution in [0.3, 0.4) is 0 Å². The first-order chi connectivity index (χ1) is 9.13. The minimum absolute atomic E-state index is 0.0551. The maximum atomic E-state index is 12.3. The van der Waals surface area contributed by atoms with Crippen molar-refractivity contribution >= 4 is 23.4 Å². The van der Waals surface area contributed by atoms with Gasteiger partial charge in [0.05, 0.1) is 0 Å². The van der Waals surface area contributed by atoms with Crippen LogP contribution in [0.25, 0.3) is 0 Å². The number of hydrogen-bond acceptors (Lipinski definition) is 4. The Kier molecular flexibility index (Phi) is 4.06. The summed E-state index contributed by atoms with van der Waals surface area (Å²) in [6.07, 6.45) is 3.46. The zero-order valence-electron chi connectivity index (χ0n) is 10.7. The maximum Gasteiger partial charge on any atom is 0.280 e. The fraction of sp³-hybridized carbons (Fsp3) is 0.143. The summed E-state index contributed by atoms with van der Waals surface area (Å²) < 4.78 is 0. The summed E-state index contributed by atoms with van der Waals surface area (Å²) in [6.45, 7) is 0. The van der Waals surface area contributed by atoms with Gasteiger partial charge in [0.15, 0.2) is 5.69 Å². The Morgan fingerprint density at radius 1 is 1.32 bits per heavy atom. The molecule has 0 saturated heterocycles. The molecule has 0 aliphatic carbocycles. The highest BCUT2D eigenvalue weighted by molar-refractivity contribution is 7.98. The molecule has 2 rings (SSSR count). The average molecular weight is 274 g/mol. The van der Waals surface area contributed by atoms with Crippen LogP contribution >= 0.6 is 11.8 Å². The normalized spacial score (nSPS) is 10.2. The Balaban J connectivity index is 2.31. The van der Waals surface area contributed by atoms with E-state index in [0.29, 0.717) is 0 Å². The van der Waals surface area contributed by atoms with E-state index >= 15 is 0 Å². The summed E-state index contributed by atoms with van der Waals surface area (Å²) in [4.78, 5) is 18.7. The molecular formula is C14H14N2O2S. The zero-order chi connectivity index (χ0) is 13.8. The van der Waals surface area contributed by atoms with Gasteiger partial charge in [-0.2, -0.15) is 0 Å². The number of pyridine rings is 1. The molecule has 0 bridgehead atoms. The summed E-state index contributed by atoms with van der Waals surface area (Å²) in [5, 5.41) is 9.66. The fourth-order valence-corrected chi connectivity index (χ4v) is 2.11. The van der Waals surface area contributed by atoms with Crippen LogP contribution in [0, 0.1) is 0 Å². The van der Waals surface area contributed by atoms with E-state index < -0.39 is 0 Å². The number of benzene rings is 1. The van der Waals surface area contributed by atoms with Crippen LogP contribution in [0.2, 0.25) is 0 Å². The van der Waals surface area contributed by atoms with Crippen molar-refractivity contribution in [2.45, 2.75) is 4.90 Å². The minimum Gasteiger partial charge on any atom is -0.505 e. The molecule has 2 aromatic rings. The lowest BCUT2D eigenvalue weighted by Crippen LogP contribution is -2.27. The number of hydrogen-bond donors (Lipinski definition) is 1. The van der Waals surface area contributed by atoms with E-state index in [1.54, 1.807) is 24.9 Å². The van der Waals surface area contributed by atoms with Gasteiger partial charge in [-0.05, 0) is 36.6 Å². The van der Waals surface area contributed by atoms with Crippen molar-refractivity contribution in [1.82, 2.24) is 4.98 Å². The number of anilines is 1. The second-order valence-corrected chi connectivity index (χ2v) is 4.82. The van der Waals surface area contributed by atoms with E-state index in [1.807, 2.05) is 30.5 Å². The van der Waals surface area contributed by atoms with Crippen LogP contribution in [0.15, 0.2) is 47.5 Å². The van der Waals surface area contributed by atoms with Gasteiger partial charge in [-0.3, -0.25) is 4.79 Å². The first-order valence-corrected chi connectivity index (χ1v) is 6.92. The molecular weight excluding hydrogens is 260 g/mol. The fourth-order valence-electron chi connectivity index (χ4n) is 1.66. The lowest BCUT2D eigenvalue weighted by Gasteiger charge is -2.17. The highest BCUT2D eigenvalue weighted by Gasteiger charge is 2.18. The molecule has 5 heteroatoms. The van der Waals surface area contributed by atoms with Gasteiger partial charge in [-0.15, -0.1) is 11.8 Å². The lowest BCUT2D eigenvalue weighted by molar-refractivity contribution is 0.0985. The highest BCUT2D eigenvalue weighted by Crippen LogP contribution is 2.23. The smallest absolute Gasteiger partial charge is 0.280 e. The van der Waals surface area contributed by atoms with E-state index in [-0.39, 0.29) is 17.4 Å². The number of thioether (sulfide) groups is 1. The molecule has 0 atom stereocenters. The van der Waals surface area contributed by atoms with Gasteiger partial charge < -0.3 is 10.0 Å². The van der Waals surface area contributed by atoms with Gasteiger partial charge in [-0.1, -0.05) is 6.07 Å². The van der Waals surface area contributed by atoms with Crippen LogP contribution in [0.4, 0.5) is 5.69 Å².